The maximum atomic E-state index is 13.6. The summed E-state index contributed by atoms with van der Waals surface area (Å²) in [7, 11) is -2.16. The summed E-state index contributed by atoms with van der Waals surface area (Å²) in [6.07, 6.45) is 0.719. The fourth-order valence-corrected chi connectivity index (χ4v) is 3.90. The summed E-state index contributed by atoms with van der Waals surface area (Å²) in [5.74, 6) is -2.25. The van der Waals surface area contributed by atoms with Crippen molar-refractivity contribution in [2.24, 2.45) is 5.92 Å². The molecule has 1 saturated heterocycles. The minimum atomic E-state index is -3.95. The molecule has 19 heavy (non-hydrogen) atoms. The van der Waals surface area contributed by atoms with Crippen LogP contribution in [0.1, 0.15) is 6.42 Å². The van der Waals surface area contributed by atoms with Gasteiger partial charge in [-0.25, -0.2) is 17.2 Å². The highest BCUT2D eigenvalue weighted by atomic mass is 32.2. The molecule has 7 heteroatoms. The molecule has 106 valence electrons. The molecule has 1 atom stereocenters. The second kappa shape index (κ2) is 5.52. The molecule has 1 aromatic rings. The predicted molar refractivity (Wildman–Crippen MR) is 67.2 cm³/mol. The SMILES string of the molecule is CNCC1CCN(S(=O)(=O)c2cccc(F)c2F)C1. The van der Waals surface area contributed by atoms with Crippen LogP contribution in [0.4, 0.5) is 8.78 Å². The minimum Gasteiger partial charge on any atom is -0.319 e. The Labute approximate surface area is 111 Å². The highest BCUT2D eigenvalue weighted by Gasteiger charge is 2.34. The van der Waals surface area contributed by atoms with Gasteiger partial charge in [-0.2, -0.15) is 4.31 Å². The number of hydrogen-bond donors (Lipinski definition) is 1. The van der Waals surface area contributed by atoms with Crippen molar-refractivity contribution in [3.05, 3.63) is 29.8 Å². The molecule has 1 N–H and O–H groups in total. The van der Waals surface area contributed by atoms with E-state index in [0.29, 0.717) is 19.6 Å². The lowest BCUT2D eigenvalue weighted by molar-refractivity contribution is 0.438. The van der Waals surface area contributed by atoms with E-state index in [1.807, 2.05) is 0 Å². The fourth-order valence-electron chi connectivity index (χ4n) is 2.29. The molecular formula is C12H16F2N2O2S. The van der Waals surface area contributed by atoms with Crippen molar-refractivity contribution < 1.29 is 17.2 Å². The zero-order chi connectivity index (χ0) is 14.0. The first-order chi connectivity index (χ1) is 8.96. The minimum absolute atomic E-state index is 0.205. The molecule has 0 bridgehead atoms. The lowest BCUT2D eigenvalue weighted by Gasteiger charge is -2.17. The number of nitrogens with one attached hydrogen (secondary N) is 1. The van der Waals surface area contributed by atoms with E-state index >= 15 is 0 Å². The molecule has 1 unspecified atom stereocenters. The number of rotatable bonds is 4. The topological polar surface area (TPSA) is 49.4 Å². The van der Waals surface area contributed by atoms with Gasteiger partial charge >= 0.3 is 0 Å². The van der Waals surface area contributed by atoms with Gasteiger partial charge in [0.15, 0.2) is 11.6 Å². The average Bonchev–Trinajstić information content (AvgIpc) is 2.82. The summed E-state index contributed by atoms with van der Waals surface area (Å²) in [6.45, 7) is 1.38. The van der Waals surface area contributed by atoms with Gasteiger partial charge in [-0.3, -0.25) is 0 Å². The van der Waals surface area contributed by atoms with Crippen LogP contribution in [0.5, 0.6) is 0 Å². The molecule has 0 aliphatic carbocycles. The van der Waals surface area contributed by atoms with Crippen molar-refractivity contribution in [2.45, 2.75) is 11.3 Å². The normalized spacial score (nSPS) is 20.9. The van der Waals surface area contributed by atoms with Crippen LogP contribution in [0.3, 0.4) is 0 Å². The molecule has 2 rings (SSSR count). The molecule has 4 nitrogen and oxygen atoms in total. The van der Waals surface area contributed by atoms with E-state index in [1.165, 1.54) is 10.4 Å². The van der Waals surface area contributed by atoms with E-state index in [1.54, 1.807) is 7.05 Å². The monoisotopic (exact) mass is 290 g/mol. The van der Waals surface area contributed by atoms with Gasteiger partial charge in [0.2, 0.25) is 10.0 Å². The second-order valence-corrected chi connectivity index (χ2v) is 6.53. The maximum absolute atomic E-state index is 13.6. The third-order valence-corrected chi connectivity index (χ3v) is 5.16. The molecule has 0 amide bonds. The Morgan fingerprint density at radius 2 is 2.16 bits per heavy atom. The first-order valence-corrected chi connectivity index (χ1v) is 7.49. The quantitative estimate of drug-likeness (QED) is 0.906. The zero-order valence-corrected chi connectivity index (χ0v) is 11.4. The number of sulfonamides is 1. The first kappa shape index (κ1) is 14.4. The summed E-state index contributed by atoms with van der Waals surface area (Å²) in [6, 6.07) is 3.20. The smallest absolute Gasteiger partial charge is 0.246 e. The first-order valence-electron chi connectivity index (χ1n) is 6.05. The summed E-state index contributed by atoms with van der Waals surface area (Å²) in [5, 5.41) is 2.99. The summed E-state index contributed by atoms with van der Waals surface area (Å²) < 4.78 is 52.5. The summed E-state index contributed by atoms with van der Waals surface area (Å²) in [4.78, 5) is -0.586. The third-order valence-electron chi connectivity index (χ3n) is 3.28. The van der Waals surface area contributed by atoms with Crippen LogP contribution in [0.15, 0.2) is 23.1 Å². The lowest BCUT2D eigenvalue weighted by Crippen LogP contribution is -2.31. The van der Waals surface area contributed by atoms with E-state index in [4.69, 9.17) is 0 Å². The molecule has 1 heterocycles. The van der Waals surface area contributed by atoms with Gasteiger partial charge in [0.1, 0.15) is 4.90 Å². The Morgan fingerprint density at radius 1 is 1.42 bits per heavy atom. The standard InChI is InChI=1S/C12H16F2N2O2S/c1-15-7-9-5-6-16(8-9)19(17,18)11-4-2-3-10(13)12(11)14/h2-4,9,15H,5-8H2,1H3. The maximum Gasteiger partial charge on any atom is 0.246 e. The van der Waals surface area contributed by atoms with Gasteiger partial charge in [0.05, 0.1) is 0 Å². The van der Waals surface area contributed by atoms with Crippen molar-refractivity contribution in [3.8, 4) is 0 Å². The summed E-state index contributed by atoms with van der Waals surface area (Å²) >= 11 is 0. The Hall–Kier alpha value is -1.05. The van der Waals surface area contributed by atoms with E-state index in [0.717, 1.165) is 18.6 Å². The van der Waals surface area contributed by atoms with E-state index in [9.17, 15) is 17.2 Å². The Kier molecular flexibility index (Phi) is 4.17. The van der Waals surface area contributed by atoms with Gasteiger partial charge < -0.3 is 5.32 Å². The Balaban J connectivity index is 2.26. The van der Waals surface area contributed by atoms with Crippen molar-refractivity contribution in [3.63, 3.8) is 0 Å². The molecule has 1 aromatic carbocycles. The van der Waals surface area contributed by atoms with Gasteiger partial charge in [0, 0.05) is 13.1 Å². The van der Waals surface area contributed by atoms with E-state index in [-0.39, 0.29) is 5.92 Å². The van der Waals surface area contributed by atoms with Gasteiger partial charge in [-0.15, -0.1) is 0 Å². The van der Waals surface area contributed by atoms with Gasteiger partial charge in [-0.05, 0) is 38.1 Å². The average molecular weight is 290 g/mol. The Morgan fingerprint density at radius 3 is 2.84 bits per heavy atom. The highest BCUT2D eigenvalue weighted by Crippen LogP contribution is 2.26. The predicted octanol–water partition coefficient (Wildman–Crippen LogP) is 1.19. The van der Waals surface area contributed by atoms with Crippen LogP contribution in [0.2, 0.25) is 0 Å². The van der Waals surface area contributed by atoms with Crippen LogP contribution in [-0.4, -0.2) is 39.4 Å². The van der Waals surface area contributed by atoms with Crippen molar-refractivity contribution in [1.29, 1.82) is 0 Å². The summed E-state index contributed by atoms with van der Waals surface area (Å²) in [5.41, 5.74) is 0. The number of halogens is 2. The zero-order valence-electron chi connectivity index (χ0n) is 10.6. The number of benzene rings is 1. The largest absolute Gasteiger partial charge is 0.319 e. The highest BCUT2D eigenvalue weighted by molar-refractivity contribution is 7.89. The van der Waals surface area contributed by atoms with Crippen LogP contribution >= 0.6 is 0 Å². The Bertz CT molecular complexity index is 563. The van der Waals surface area contributed by atoms with Crippen molar-refractivity contribution in [2.75, 3.05) is 26.7 Å². The molecule has 0 radical (unpaired) electrons. The van der Waals surface area contributed by atoms with Crippen LogP contribution in [0, 0.1) is 17.6 Å². The van der Waals surface area contributed by atoms with E-state index in [2.05, 4.69) is 5.32 Å². The molecule has 1 aliphatic heterocycles. The molecule has 0 saturated carbocycles. The van der Waals surface area contributed by atoms with Crippen LogP contribution < -0.4 is 5.32 Å². The molecule has 1 aliphatic rings. The lowest BCUT2D eigenvalue weighted by atomic mass is 10.1. The third kappa shape index (κ3) is 2.77. The van der Waals surface area contributed by atoms with Crippen LogP contribution in [0.25, 0.3) is 0 Å². The molecule has 0 spiro atoms. The second-order valence-electron chi connectivity index (χ2n) is 4.63. The number of hydrogen-bond acceptors (Lipinski definition) is 3. The van der Waals surface area contributed by atoms with E-state index < -0.39 is 26.6 Å². The fraction of sp³-hybridized carbons (Fsp3) is 0.500. The molecular weight excluding hydrogens is 274 g/mol. The van der Waals surface area contributed by atoms with Gasteiger partial charge in [0.25, 0.3) is 0 Å². The number of nitrogens with zero attached hydrogens (tertiary/aromatic N) is 1. The molecule has 1 fully saturated rings. The van der Waals surface area contributed by atoms with Crippen molar-refractivity contribution >= 4 is 10.0 Å². The van der Waals surface area contributed by atoms with Crippen LogP contribution in [-0.2, 0) is 10.0 Å². The molecule has 0 aromatic heterocycles. The van der Waals surface area contributed by atoms with Crippen molar-refractivity contribution in [1.82, 2.24) is 9.62 Å². The van der Waals surface area contributed by atoms with Gasteiger partial charge in [-0.1, -0.05) is 6.07 Å².